The maximum Gasteiger partial charge on any atom is 0.338 e. The molecule has 0 fully saturated rings. The molecule has 0 aliphatic carbocycles. The average molecular weight is 286 g/mol. The predicted molar refractivity (Wildman–Crippen MR) is 68.4 cm³/mol. The summed E-state index contributed by atoms with van der Waals surface area (Å²) in [5.74, 6) is 0.00737. The fourth-order valence-electron chi connectivity index (χ4n) is 1.23. The molecule has 0 radical (unpaired) electrons. The smallest absolute Gasteiger partial charge is 0.338 e. The van der Waals surface area contributed by atoms with E-state index in [9.17, 15) is 4.79 Å². The molecular formula is C12H16BrNO2. The van der Waals surface area contributed by atoms with Crippen LogP contribution in [0.15, 0.2) is 16.6 Å². The van der Waals surface area contributed by atoms with Gasteiger partial charge in [-0.1, -0.05) is 29.8 Å². The lowest BCUT2D eigenvalue weighted by molar-refractivity contribution is 0.0458. The number of hydrogen-bond acceptors (Lipinski definition) is 3. The fourth-order valence-corrected chi connectivity index (χ4v) is 1.71. The lowest BCUT2D eigenvalue weighted by atomic mass is 10.1. The summed E-state index contributed by atoms with van der Waals surface area (Å²) in [6.45, 7) is 6.23. The molecule has 0 heterocycles. The molecule has 2 N–H and O–H groups in total. The molecule has 3 nitrogen and oxygen atoms in total. The second kappa shape index (κ2) is 5.34. The zero-order valence-corrected chi connectivity index (χ0v) is 11.3. The van der Waals surface area contributed by atoms with Crippen LogP contribution in [0.2, 0.25) is 0 Å². The quantitative estimate of drug-likeness (QED) is 0.686. The number of nitrogens with two attached hydrogens (primary N) is 1. The predicted octanol–water partition coefficient (Wildman–Crippen LogP) is 3.15. The fraction of sp³-hybridized carbons (Fsp3) is 0.417. The Morgan fingerprint density at radius 3 is 2.69 bits per heavy atom. The molecule has 0 saturated carbocycles. The first kappa shape index (κ1) is 13.0. The van der Waals surface area contributed by atoms with E-state index >= 15 is 0 Å². The van der Waals surface area contributed by atoms with Gasteiger partial charge in [0.25, 0.3) is 0 Å². The van der Waals surface area contributed by atoms with Crippen molar-refractivity contribution < 1.29 is 9.53 Å². The first-order valence-electron chi connectivity index (χ1n) is 5.14. The summed E-state index contributed by atoms with van der Waals surface area (Å²) in [7, 11) is 0. The first-order valence-corrected chi connectivity index (χ1v) is 5.94. The maximum atomic E-state index is 11.8. The Hall–Kier alpha value is -1.03. The van der Waals surface area contributed by atoms with Crippen LogP contribution in [0.1, 0.15) is 29.8 Å². The van der Waals surface area contributed by atoms with E-state index in [1.54, 1.807) is 12.1 Å². The monoisotopic (exact) mass is 285 g/mol. The standard InChI is InChI=1S/C12H16BrNO2/c1-7(2)6-16-12(15)10-4-9(13)5-11(14)8(10)3/h4-5,7H,6,14H2,1-3H3. The molecule has 0 saturated heterocycles. The molecule has 88 valence electrons. The van der Waals surface area contributed by atoms with Gasteiger partial charge < -0.3 is 10.5 Å². The number of carbonyl (C=O) groups is 1. The number of rotatable bonds is 3. The lowest BCUT2D eigenvalue weighted by Gasteiger charge is -2.11. The van der Waals surface area contributed by atoms with Gasteiger partial charge >= 0.3 is 5.97 Å². The molecule has 0 aromatic heterocycles. The highest BCUT2D eigenvalue weighted by molar-refractivity contribution is 9.10. The number of esters is 1. The molecule has 0 spiro atoms. The number of anilines is 1. The number of nitrogen functional groups attached to an aromatic ring is 1. The highest BCUT2D eigenvalue weighted by Gasteiger charge is 2.13. The van der Waals surface area contributed by atoms with Crippen LogP contribution >= 0.6 is 15.9 Å². The minimum absolute atomic E-state index is 0.320. The molecule has 16 heavy (non-hydrogen) atoms. The van der Waals surface area contributed by atoms with Gasteiger partial charge in [0.2, 0.25) is 0 Å². The summed E-state index contributed by atoms with van der Waals surface area (Å²) in [5.41, 5.74) is 7.65. The van der Waals surface area contributed by atoms with E-state index in [2.05, 4.69) is 15.9 Å². The van der Waals surface area contributed by atoms with Gasteiger partial charge in [0, 0.05) is 10.2 Å². The van der Waals surface area contributed by atoms with Crippen molar-refractivity contribution in [2.45, 2.75) is 20.8 Å². The minimum atomic E-state index is -0.320. The van der Waals surface area contributed by atoms with Crippen molar-refractivity contribution in [1.29, 1.82) is 0 Å². The molecule has 0 atom stereocenters. The molecule has 0 unspecified atom stereocenters. The molecule has 1 aromatic carbocycles. The Bertz CT molecular complexity index is 402. The van der Waals surface area contributed by atoms with Crippen LogP contribution in [-0.4, -0.2) is 12.6 Å². The molecule has 0 bridgehead atoms. The zero-order valence-electron chi connectivity index (χ0n) is 9.71. The first-order chi connectivity index (χ1) is 7.41. The van der Waals surface area contributed by atoms with Crippen LogP contribution in [0.3, 0.4) is 0 Å². The van der Waals surface area contributed by atoms with Crippen molar-refractivity contribution >= 4 is 27.6 Å². The van der Waals surface area contributed by atoms with Crippen LogP contribution in [0, 0.1) is 12.8 Å². The van der Waals surface area contributed by atoms with E-state index in [1.165, 1.54) is 0 Å². The molecule has 0 amide bonds. The van der Waals surface area contributed by atoms with Crippen LogP contribution in [-0.2, 0) is 4.74 Å². The Labute approximate surface area is 104 Å². The Kier molecular flexibility index (Phi) is 4.35. The number of halogens is 1. The van der Waals surface area contributed by atoms with Gasteiger partial charge in [-0.2, -0.15) is 0 Å². The van der Waals surface area contributed by atoms with Crippen molar-refractivity contribution in [2.75, 3.05) is 12.3 Å². The second-order valence-corrected chi connectivity index (χ2v) is 5.08. The average Bonchev–Trinajstić information content (AvgIpc) is 2.19. The van der Waals surface area contributed by atoms with Crippen LogP contribution in [0.5, 0.6) is 0 Å². The Morgan fingerprint density at radius 2 is 2.12 bits per heavy atom. The van der Waals surface area contributed by atoms with Gasteiger partial charge in [-0.15, -0.1) is 0 Å². The summed E-state index contributed by atoms with van der Waals surface area (Å²) in [6.07, 6.45) is 0. The van der Waals surface area contributed by atoms with Gasteiger partial charge in [-0.25, -0.2) is 4.79 Å². The Balaban J connectivity index is 2.91. The van der Waals surface area contributed by atoms with Crippen molar-refractivity contribution in [1.82, 2.24) is 0 Å². The van der Waals surface area contributed by atoms with E-state index in [0.29, 0.717) is 23.8 Å². The van der Waals surface area contributed by atoms with Gasteiger partial charge in [-0.05, 0) is 30.5 Å². The largest absolute Gasteiger partial charge is 0.462 e. The normalized spacial score (nSPS) is 10.6. The minimum Gasteiger partial charge on any atom is -0.462 e. The number of benzene rings is 1. The van der Waals surface area contributed by atoms with Crippen molar-refractivity contribution in [3.63, 3.8) is 0 Å². The van der Waals surface area contributed by atoms with Gasteiger partial charge in [-0.3, -0.25) is 0 Å². The van der Waals surface area contributed by atoms with E-state index in [4.69, 9.17) is 10.5 Å². The summed E-state index contributed by atoms with van der Waals surface area (Å²) in [5, 5.41) is 0. The third-order valence-corrected chi connectivity index (χ3v) is 2.64. The van der Waals surface area contributed by atoms with Crippen molar-refractivity contribution in [3.05, 3.63) is 27.7 Å². The molecule has 1 rings (SSSR count). The number of hydrogen-bond donors (Lipinski definition) is 1. The molecular weight excluding hydrogens is 270 g/mol. The SMILES string of the molecule is Cc1c(N)cc(Br)cc1C(=O)OCC(C)C. The summed E-state index contributed by atoms with van der Waals surface area (Å²) in [6, 6.07) is 3.50. The third kappa shape index (κ3) is 3.23. The van der Waals surface area contributed by atoms with E-state index in [0.717, 1.165) is 10.0 Å². The van der Waals surface area contributed by atoms with Crippen molar-refractivity contribution in [3.8, 4) is 0 Å². The van der Waals surface area contributed by atoms with Crippen molar-refractivity contribution in [2.24, 2.45) is 5.92 Å². The summed E-state index contributed by atoms with van der Waals surface area (Å²) < 4.78 is 5.95. The molecule has 0 aliphatic heterocycles. The highest BCUT2D eigenvalue weighted by Crippen LogP contribution is 2.23. The van der Waals surface area contributed by atoms with E-state index < -0.39 is 0 Å². The topological polar surface area (TPSA) is 52.3 Å². The van der Waals surface area contributed by atoms with Crippen LogP contribution < -0.4 is 5.73 Å². The van der Waals surface area contributed by atoms with Crippen LogP contribution in [0.25, 0.3) is 0 Å². The molecule has 0 aliphatic rings. The number of ether oxygens (including phenoxy) is 1. The third-order valence-electron chi connectivity index (χ3n) is 2.18. The summed E-state index contributed by atoms with van der Waals surface area (Å²) >= 11 is 3.31. The van der Waals surface area contributed by atoms with Gasteiger partial charge in [0.1, 0.15) is 0 Å². The highest BCUT2D eigenvalue weighted by atomic mass is 79.9. The van der Waals surface area contributed by atoms with Gasteiger partial charge in [0.15, 0.2) is 0 Å². The zero-order chi connectivity index (χ0) is 12.3. The van der Waals surface area contributed by atoms with Gasteiger partial charge in [0.05, 0.1) is 12.2 Å². The van der Waals surface area contributed by atoms with E-state index in [-0.39, 0.29) is 5.97 Å². The lowest BCUT2D eigenvalue weighted by Crippen LogP contribution is -2.12. The Morgan fingerprint density at radius 1 is 1.50 bits per heavy atom. The number of carbonyl (C=O) groups excluding carboxylic acids is 1. The maximum absolute atomic E-state index is 11.8. The van der Waals surface area contributed by atoms with E-state index in [1.807, 2.05) is 20.8 Å². The molecule has 1 aromatic rings. The molecule has 4 heteroatoms. The van der Waals surface area contributed by atoms with Crippen LogP contribution in [0.4, 0.5) is 5.69 Å². The second-order valence-electron chi connectivity index (χ2n) is 4.16. The summed E-state index contributed by atoms with van der Waals surface area (Å²) in [4.78, 5) is 11.8.